The van der Waals surface area contributed by atoms with Crippen molar-refractivity contribution in [2.45, 2.75) is 52.7 Å². The van der Waals surface area contributed by atoms with Crippen LogP contribution < -0.4 is 0 Å². The molecule has 0 amide bonds. The lowest BCUT2D eigenvalue weighted by molar-refractivity contribution is 0.0445. The Morgan fingerprint density at radius 2 is 1.84 bits per heavy atom. The lowest BCUT2D eigenvalue weighted by Crippen LogP contribution is -2.36. The van der Waals surface area contributed by atoms with E-state index in [-0.39, 0.29) is 0 Å². The molecule has 0 bridgehead atoms. The Bertz CT molecular complexity index is 1040. The molecule has 3 aromatic rings. The van der Waals surface area contributed by atoms with Gasteiger partial charge >= 0.3 is 0 Å². The maximum atomic E-state index is 5.46. The Morgan fingerprint density at radius 1 is 1.10 bits per heavy atom. The Balaban J connectivity index is 1.42. The van der Waals surface area contributed by atoms with Crippen LogP contribution in [0.1, 0.15) is 48.0 Å². The van der Waals surface area contributed by atoms with Gasteiger partial charge in [0.25, 0.3) is 0 Å². The molecule has 3 heterocycles. The molecule has 1 aromatic carbocycles. The number of methoxy groups -OCH3 is 1. The molecule has 0 aliphatic carbocycles. The van der Waals surface area contributed by atoms with Crippen LogP contribution in [0.4, 0.5) is 0 Å². The second kappa shape index (κ2) is 9.75. The van der Waals surface area contributed by atoms with Gasteiger partial charge in [-0.1, -0.05) is 43.3 Å². The van der Waals surface area contributed by atoms with E-state index in [4.69, 9.17) is 14.7 Å². The van der Waals surface area contributed by atoms with Crippen LogP contribution in [0.3, 0.4) is 0 Å². The Morgan fingerprint density at radius 3 is 2.52 bits per heavy atom. The van der Waals surface area contributed by atoms with Crippen LogP contribution in [-0.4, -0.2) is 52.3 Å². The molecule has 5 heteroatoms. The van der Waals surface area contributed by atoms with Crippen LogP contribution in [0.25, 0.3) is 17.2 Å². The van der Waals surface area contributed by atoms with Gasteiger partial charge in [0.05, 0.1) is 12.6 Å². The van der Waals surface area contributed by atoms with Crippen molar-refractivity contribution in [2.75, 3.05) is 26.7 Å². The van der Waals surface area contributed by atoms with E-state index in [2.05, 4.69) is 72.7 Å². The molecule has 4 rings (SSSR count). The number of pyridine rings is 1. The number of likely N-dealkylation sites (tertiary alicyclic amines) is 1. The second-order valence-corrected chi connectivity index (χ2v) is 8.60. The predicted octanol–water partition coefficient (Wildman–Crippen LogP) is 4.78. The van der Waals surface area contributed by atoms with Crippen LogP contribution in [0, 0.1) is 13.8 Å². The molecule has 1 aliphatic heterocycles. The van der Waals surface area contributed by atoms with Crippen molar-refractivity contribution in [1.29, 1.82) is 0 Å². The molecule has 0 N–H and O–H groups in total. The van der Waals surface area contributed by atoms with E-state index in [0.717, 1.165) is 68.1 Å². The molecule has 0 unspecified atom stereocenters. The highest BCUT2D eigenvalue weighted by Crippen LogP contribution is 2.21. The summed E-state index contributed by atoms with van der Waals surface area (Å²) in [7, 11) is 1.82. The number of nitrogens with zero attached hydrogens (tertiary/aromatic N) is 4. The van der Waals surface area contributed by atoms with Gasteiger partial charge in [-0.3, -0.25) is 4.90 Å². The van der Waals surface area contributed by atoms with Gasteiger partial charge in [0.15, 0.2) is 5.65 Å². The summed E-state index contributed by atoms with van der Waals surface area (Å²) in [4.78, 5) is 12.1. The zero-order valence-corrected chi connectivity index (χ0v) is 19.3. The van der Waals surface area contributed by atoms with Gasteiger partial charge in [-0.2, -0.15) is 0 Å². The van der Waals surface area contributed by atoms with Crippen molar-refractivity contribution in [1.82, 2.24) is 19.4 Å². The molecule has 1 fully saturated rings. The van der Waals surface area contributed by atoms with Crippen LogP contribution in [0.15, 0.2) is 36.4 Å². The number of fused-ring (bicyclic) bond motifs is 1. The van der Waals surface area contributed by atoms with E-state index in [1.807, 2.05) is 7.11 Å². The molecule has 0 saturated carbocycles. The topological polar surface area (TPSA) is 43.2 Å². The average molecular weight is 419 g/mol. The van der Waals surface area contributed by atoms with E-state index < -0.39 is 0 Å². The number of hydrogen-bond acceptors (Lipinski definition) is 4. The molecule has 0 radical (unpaired) electrons. The van der Waals surface area contributed by atoms with Gasteiger partial charge in [-0.15, -0.1) is 0 Å². The van der Waals surface area contributed by atoms with Gasteiger partial charge in [-0.05, 0) is 49.4 Å². The molecule has 1 saturated heterocycles. The van der Waals surface area contributed by atoms with Crippen molar-refractivity contribution in [3.8, 4) is 0 Å². The van der Waals surface area contributed by atoms with Crippen molar-refractivity contribution in [2.24, 2.45) is 0 Å². The largest absolute Gasteiger partial charge is 0.381 e. The van der Waals surface area contributed by atoms with Crippen molar-refractivity contribution < 1.29 is 4.74 Å². The third-order valence-electron chi connectivity index (χ3n) is 6.28. The highest BCUT2D eigenvalue weighted by molar-refractivity contribution is 5.76. The third-order valence-corrected chi connectivity index (χ3v) is 6.28. The molecule has 1 aliphatic rings. The minimum atomic E-state index is 0.441. The van der Waals surface area contributed by atoms with E-state index >= 15 is 0 Å². The van der Waals surface area contributed by atoms with Gasteiger partial charge in [-0.25, -0.2) is 9.97 Å². The second-order valence-electron chi connectivity index (χ2n) is 8.60. The minimum Gasteiger partial charge on any atom is -0.381 e. The predicted molar refractivity (Wildman–Crippen MR) is 127 cm³/mol. The molecule has 0 atom stereocenters. The number of rotatable bonds is 7. The molecule has 2 aromatic heterocycles. The SMILES string of the molecule is CCc1nc2c(C)cc(C)nc2n1Cc1ccc(C=CCN2CCC(OC)CC2)cc1. The quantitative estimate of drug-likeness (QED) is 0.554. The van der Waals surface area contributed by atoms with Crippen LogP contribution >= 0.6 is 0 Å². The number of ether oxygens (including phenoxy) is 1. The summed E-state index contributed by atoms with van der Waals surface area (Å²) >= 11 is 0. The normalized spacial score (nSPS) is 16.0. The van der Waals surface area contributed by atoms with E-state index in [9.17, 15) is 0 Å². The standard InChI is InChI=1S/C26H34N4O/c1-5-24-28-25-19(2)17-20(3)27-26(25)30(24)18-22-10-8-21(9-11-22)7-6-14-29-15-12-23(31-4)13-16-29/h6-11,17,23H,5,12-16,18H2,1-4H3. The van der Waals surface area contributed by atoms with Crippen molar-refractivity contribution in [3.05, 3.63) is 64.6 Å². The van der Waals surface area contributed by atoms with E-state index in [1.165, 1.54) is 16.7 Å². The number of benzene rings is 1. The van der Waals surface area contributed by atoms with Gasteiger partial charge < -0.3 is 9.30 Å². The summed E-state index contributed by atoms with van der Waals surface area (Å²) in [5.74, 6) is 1.09. The van der Waals surface area contributed by atoms with Gasteiger partial charge in [0, 0.05) is 38.9 Å². The molecule has 5 nitrogen and oxygen atoms in total. The Kier molecular flexibility index (Phi) is 6.83. The lowest BCUT2D eigenvalue weighted by Gasteiger charge is -2.30. The van der Waals surface area contributed by atoms with Crippen LogP contribution in [-0.2, 0) is 17.7 Å². The molecule has 0 spiro atoms. The highest BCUT2D eigenvalue weighted by atomic mass is 16.5. The Hall–Kier alpha value is -2.50. The maximum absolute atomic E-state index is 5.46. The summed E-state index contributed by atoms with van der Waals surface area (Å²) in [5.41, 5.74) is 6.77. The van der Waals surface area contributed by atoms with Crippen LogP contribution in [0.5, 0.6) is 0 Å². The minimum absolute atomic E-state index is 0.441. The summed E-state index contributed by atoms with van der Waals surface area (Å²) in [6.45, 7) is 10.4. The monoisotopic (exact) mass is 418 g/mol. The summed E-state index contributed by atoms with van der Waals surface area (Å²) < 4.78 is 7.72. The maximum Gasteiger partial charge on any atom is 0.160 e. The fraction of sp³-hybridized carbons (Fsp3) is 0.462. The fourth-order valence-electron chi connectivity index (χ4n) is 4.47. The molecular formula is C26H34N4O. The zero-order chi connectivity index (χ0) is 21.8. The number of hydrogen-bond donors (Lipinski definition) is 0. The molecule has 31 heavy (non-hydrogen) atoms. The molecule has 164 valence electrons. The van der Waals surface area contributed by atoms with Gasteiger partial charge in [0.1, 0.15) is 11.3 Å². The average Bonchev–Trinajstić information content (AvgIpc) is 3.13. The van der Waals surface area contributed by atoms with Gasteiger partial charge in [0.2, 0.25) is 0 Å². The summed E-state index contributed by atoms with van der Waals surface area (Å²) in [6.07, 6.45) is 8.11. The number of imidazole rings is 1. The number of aryl methyl sites for hydroxylation is 3. The first-order valence-electron chi connectivity index (χ1n) is 11.4. The zero-order valence-electron chi connectivity index (χ0n) is 19.3. The van der Waals surface area contributed by atoms with Crippen molar-refractivity contribution in [3.63, 3.8) is 0 Å². The highest BCUT2D eigenvalue weighted by Gasteiger charge is 2.17. The lowest BCUT2D eigenvalue weighted by atomic mass is 10.1. The first kappa shape index (κ1) is 21.7. The first-order chi connectivity index (χ1) is 15.1. The van der Waals surface area contributed by atoms with E-state index in [0.29, 0.717) is 6.10 Å². The fourth-order valence-corrected chi connectivity index (χ4v) is 4.47. The summed E-state index contributed by atoms with van der Waals surface area (Å²) in [6, 6.07) is 11.0. The summed E-state index contributed by atoms with van der Waals surface area (Å²) in [5, 5.41) is 0. The van der Waals surface area contributed by atoms with E-state index in [1.54, 1.807) is 0 Å². The van der Waals surface area contributed by atoms with Crippen LogP contribution in [0.2, 0.25) is 0 Å². The van der Waals surface area contributed by atoms with Crippen molar-refractivity contribution >= 4 is 17.2 Å². The first-order valence-corrected chi connectivity index (χ1v) is 11.4. The number of aromatic nitrogens is 3. The number of piperidine rings is 1. The smallest absolute Gasteiger partial charge is 0.160 e. The third kappa shape index (κ3) is 5.05. The molecular weight excluding hydrogens is 384 g/mol. The Labute approximate surface area is 185 Å².